The van der Waals surface area contributed by atoms with Crippen molar-refractivity contribution in [2.75, 3.05) is 11.4 Å². The van der Waals surface area contributed by atoms with Crippen LogP contribution in [0.3, 0.4) is 0 Å². The predicted octanol–water partition coefficient (Wildman–Crippen LogP) is 3.85. The summed E-state index contributed by atoms with van der Waals surface area (Å²) in [5.41, 5.74) is 4.57. The van der Waals surface area contributed by atoms with E-state index in [1.807, 2.05) is 15.7 Å². The Labute approximate surface area is 159 Å². The second-order valence-corrected chi connectivity index (χ2v) is 6.98. The average molecular weight is 360 g/mol. The van der Waals surface area contributed by atoms with Gasteiger partial charge < -0.3 is 14.8 Å². The van der Waals surface area contributed by atoms with Crippen molar-refractivity contribution < 1.29 is 4.79 Å². The highest BCUT2D eigenvalue weighted by molar-refractivity contribution is 5.95. The highest BCUT2D eigenvalue weighted by Crippen LogP contribution is 2.23. The number of anilines is 1. The van der Waals surface area contributed by atoms with Gasteiger partial charge in [0.05, 0.1) is 6.33 Å². The van der Waals surface area contributed by atoms with E-state index in [1.54, 1.807) is 12.5 Å². The van der Waals surface area contributed by atoms with Gasteiger partial charge in [0.15, 0.2) is 0 Å². The molecule has 0 bridgehead atoms. The molecule has 2 aromatic carbocycles. The van der Waals surface area contributed by atoms with Crippen molar-refractivity contribution in [3.8, 4) is 5.69 Å². The van der Waals surface area contributed by atoms with Gasteiger partial charge in [-0.2, -0.15) is 0 Å². The van der Waals surface area contributed by atoms with E-state index in [-0.39, 0.29) is 11.9 Å². The van der Waals surface area contributed by atoms with Gasteiger partial charge in [-0.1, -0.05) is 24.3 Å². The van der Waals surface area contributed by atoms with Crippen LogP contribution >= 0.6 is 0 Å². The second-order valence-electron chi connectivity index (χ2n) is 6.98. The zero-order chi connectivity index (χ0) is 18.6. The van der Waals surface area contributed by atoms with Crippen LogP contribution in [0.25, 0.3) is 5.69 Å². The van der Waals surface area contributed by atoms with Gasteiger partial charge in [-0.25, -0.2) is 4.98 Å². The van der Waals surface area contributed by atoms with Gasteiger partial charge in [0, 0.05) is 49.3 Å². The highest BCUT2D eigenvalue weighted by atomic mass is 16.2. The van der Waals surface area contributed by atoms with Crippen molar-refractivity contribution in [2.24, 2.45) is 0 Å². The number of carbonyl (C=O) groups excluding carboxylic acids is 1. The number of imidazole rings is 1. The van der Waals surface area contributed by atoms with Crippen LogP contribution in [-0.4, -0.2) is 22.0 Å². The monoisotopic (exact) mass is 360 g/mol. The van der Waals surface area contributed by atoms with Crippen LogP contribution in [0.5, 0.6) is 0 Å². The fourth-order valence-corrected chi connectivity index (χ4v) is 3.45. The van der Waals surface area contributed by atoms with Crippen molar-refractivity contribution in [3.63, 3.8) is 0 Å². The van der Waals surface area contributed by atoms with Crippen LogP contribution < -0.4 is 10.2 Å². The summed E-state index contributed by atoms with van der Waals surface area (Å²) in [5, 5.41) is 3.57. The van der Waals surface area contributed by atoms with Crippen LogP contribution in [0.1, 0.15) is 36.9 Å². The molecule has 5 nitrogen and oxygen atoms in total. The molecule has 0 spiro atoms. The molecule has 1 atom stereocenters. The van der Waals surface area contributed by atoms with Crippen molar-refractivity contribution in [3.05, 3.63) is 78.4 Å². The zero-order valence-electron chi connectivity index (χ0n) is 15.5. The molecule has 1 fully saturated rings. The van der Waals surface area contributed by atoms with Gasteiger partial charge >= 0.3 is 0 Å². The van der Waals surface area contributed by atoms with E-state index in [0.717, 1.165) is 30.9 Å². The molecule has 3 aromatic rings. The molecule has 1 aliphatic rings. The SMILES string of the molecule is CC(NCc1ccc(-n2ccnc2)cc1)c1ccc(N2CCCC2=O)cc1. The third kappa shape index (κ3) is 3.93. The number of amides is 1. The molecular weight excluding hydrogens is 336 g/mol. The maximum Gasteiger partial charge on any atom is 0.227 e. The Bertz CT molecular complexity index is 885. The first-order valence-corrected chi connectivity index (χ1v) is 9.42. The van der Waals surface area contributed by atoms with Crippen LogP contribution in [-0.2, 0) is 11.3 Å². The first kappa shape index (κ1) is 17.5. The van der Waals surface area contributed by atoms with E-state index in [2.05, 4.69) is 65.8 Å². The molecule has 1 aromatic heterocycles. The number of carbonyl (C=O) groups is 1. The van der Waals surface area contributed by atoms with Gasteiger partial charge in [0.25, 0.3) is 0 Å². The Morgan fingerprint density at radius 1 is 1.07 bits per heavy atom. The number of aromatic nitrogens is 2. The third-order valence-electron chi connectivity index (χ3n) is 5.13. The van der Waals surface area contributed by atoms with E-state index in [9.17, 15) is 4.79 Å². The molecule has 0 radical (unpaired) electrons. The minimum Gasteiger partial charge on any atom is -0.312 e. The van der Waals surface area contributed by atoms with Crippen molar-refractivity contribution in [2.45, 2.75) is 32.4 Å². The molecule has 1 N–H and O–H groups in total. The van der Waals surface area contributed by atoms with E-state index in [4.69, 9.17) is 0 Å². The smallest absolute Gasteiger partial charge is 0.227 e. The molecule has 4 rings (SSSR count). The normalized spacial score (nSPS) is 15.3. The largest absolute Gasteiger partial charge is 0.312 e. The van der Waals surface area contributed by atoms with E-state index < -0.39 is 0 Å². The molecule has 5 heteroatoms. The Kier molecular flexibility index (Phi) is 5.03. The molecule has 1 aliphatic heterocycles. The average Bonchev–Trinajstić information content (AvgIpc) is 3.38. The predicted molar refractivity (Wildman–Crippen MR) is 107 cm³/mol. The van der Waals surface area contributed by atoms with Crippen molar-refractivity contribution in [1.29, 1.82) is 0 Å². The lowest BCUT2D eigenvalue weighted by molar-refractivity contribution is -0.117. The number of nitrogens with zero attached hydrogens (tertiary/aromatic N) is 3. The number of benzene rings is 2. The van der Waals surface area contributed by atoms with Crippen molar-refractivity contribution >= 4 is 11.6 Å². The molecule has 0 aliphatic carbocycles. The first-order valence-electron chi connectivity index (χ1n) is 9.42. The van der Waals surface area contributed by atoms with E-state index >= 15 is 0 Å². The summed E-state index contributed by atoms with van der Waals surface area (Å²) < 4.78 is 1.99. The van der Waals surface area contributed by atoms with E-state index in [1.165, 1.54) is 11.1 Å². The van der Waals surface area contributed by atoms with Crippen molar-refractivity contribution in [1.82, 2.24) is 14.9 Å². The fourth-order valence-electron chi connectivity index (χ4n) is 3.45. The van der Waals surface area contributed by atoms with Gasteiger partial charge in [0.2, 0.25) is 5.91 Å². The minimum absolute atomic E-state index is 0.230. The summed E-state index contributed by atoms with van der Waals surface area (Å²) in [4.78, 5) is 17.8. The number of nitrogens with one attached hydrogen (secondary N) is 1. The summed E-state index contributed by atoms with van der Waals surface area (Å²) in [6.45, 7) is 3.80. The summed E-state index contributed by atoms with van der Waals surface area (Å²) in [7, 11) is 0. The standard InChI is InChI=1S/C22H24N4O/c1-17(19-6-10-21(11-7-19)26-13-2-3-22(26)27)24-15-18-4-8-20(9-5-18)25-14-12-23-16-25/h4-12,14,16-17,24H,2-3,13,15H2,1H3. The van der Waals surface area contributed by atoms with Crippen LogP contribution in [0, 0.1) is 0 Å². The molecule has 1 amide bonds. The lowest BCUT2D eigenvalue weighted by Gasteiger charge is -2.18. The van der Waals surface area contributed by atoms with E-state index in [0.29, 0.717) is 6.42 Å². The quantitative estimate of drug-likeness (QED) is 0.726. The minimum atomic E-state index is 0.230. The zero-order valence-corrected chi connectivity index (χ0v) is 15.5. The number of hydrogen-bond acceptors (Lipinski definition) is 3. The van der Waals surface area contributed by atoms with Crippen LogP contribution in [0.4, 0.5) is 5.69 Å². The van der Waals surface area contributed by atoms with Crippen LogP contribution in [0.15, 0.2) is 67.3 Å². The second kappa shape index (κ2) is 7.76. The third-order valence-corrected chi connectivity index (χ3v) is 5.13. The highest BCUT2D eigenvalue weighted by Gasteiger charge is 2.21. The van der Waals surface area contributed by atoms with Crippen LogP contribution in [0.2, 0.25) is 0 Å². The molecular formula is C22H24N4O. The summed E-state index contributed by atoms with van der Waals surface area (Å²) in [6, 6.07) is 17.0. The molecule has 0 saturated carbocycles. The Morgan fingerprint density at radius 3 is 2.44 bits per heavy atom. The Morgan fingerprint density at radius 2 is 1.81 bits per heavy atom. The topological polar surface area (TPSA) is 50.2 Å². The Hall–Kier alpha value is -2.92. The summed E-state index contributed by atoms with van der Waals surface area (Å²) >= 11 is 0. The van der Waals surface area contributed by atoms with Gasteiger partial charge in [-0.3, -0.25) is 4.79 Å². The fraction of sp³-hybridized carbons (Fsp3) is 0.273. The molecule has 1 saturated heterocycles. The molecule has 27 heavy (non-hydrogen) atoms. The summed E-state index contributed by atoms with van der Waals surface area (Å²) in [5.74, 6) is 0.230. The van der Waals surface area contributed by atoms with Gasteiger partial charge in [0.1, 0.15) is 0 Å². The maximum atomic E-state index is 11.9. The summed E-state index contributed by atoms with van der Waals surface area (Å²) in [6.07, 6.45) is 7.14. The first-order chi connectivity index (χ1) is 13.2. The maximum absolute atomic E-state index is 11.9. The molecule has 138 valence electrons. The lowest BCUT2D eigenvalue weighted by atomic mass is 10.1. The van der Waals surface area contributed by atoms with Gasteiger partial charge in [-0.15, -0.1) is 0 Å². The molecule has 2 heterocycles. The lowest BCUT2D eigenvalue weighted by Crippen LogP contribution is -2.23. The Balaban J connectivity index is 1.35. The molecule has 1 unspecified atom stereocenters. The van der Waals surface area contributed by atoms with Gasteiger partial charge in [-0.05, 0) is 48.7 Å². The number of rotatable bonds is 6. The number of hydrogen-bond donors (Lipinski definition) is 1.